The van der Waals surface area contributed by atoms with Crippen LogP contribution in [0.4, 0.5) is 0 Å². The van der Waals surface area contributed by atoms with E-state index in [0.29, 0.717) is 0 Å². The van der Waals surface area contributed by atoms with Gasteiger partial charge in [0, 0.05) is 0 Å². The summed E-state index contributed by atoms with van der Waals surface area (Å²) in [5.41, 5.74) is 0. The van der Waals surface area contributed by atoms with Crippen LogP contribution in [0.1, 0.15) is 6.92 Å². The molecule has 0 amide bonds. The second-order valence-corrected chi connectivity index (χ2v) is 1.38. The number of ether oxygens (including phenoxy) is 1. The fraction of sp³-hybridized carbons (Fsp3) is 0.333. The van der Waals surface area contributed by atoms with Gasteiger partial charge >= 0.3 is 57.4 Å². The maximum atomic E-state index is 10.4. The Kier molecular flexibility index (Phi) is 10.3. The molecule has 0 aromatic heterocycles. The summed E-state index contributed by atoms with van der Waals surface area (Å²) in [4.78, 5) is 10.4. The van der Waals surface area contributed by atoms with Crippen molar-refractivity contribution in [3.05, 3.63) is 11.8 Å². The van der Waals surface area contributed by atoms with Crippen molar-refractivity contribution in [2.45, 2.75) is 6.92 Å². The Morgan fingerprint density at radius 3 is 2.73 bits per heavy atom. The third kappa shape index (κ3) is 6.53. The van der Waals surface area contributed by atoms with Crippen LogP contribution in [0, 0.1) is 11.3 Å². The molecule has 5 heteroatoms. The average Bonchev–Trinajstić information content (AvgIpc) is 1.89. The minimum atomic E-state index is -0.871. The first-order valence-corrected chi connectivity index (χ1v) is 2.68. The number of allylic oxidation sites excluding steroid dienone is 1. The Morgan fingerprint density at radius 2 is 2.36 bits per heavy atom. The Bertz CT molecular complexity index is 194. The molecule has 0 aliphatic heterocycles. The van der Waals surface area contributed by atoms with Crippen molar-refractivity contribution >= 4 is 57.4 Å². The van der Waals surface area contributed by atoms with Crippen LogP contribution in [0.5, 0.6) is 0 Å². The average molecular weight is 181 g/mol. The third-order valence-electron chi connectivity index (χ3n) is 0.686. The standard InChI is InChI=1S/C6H7NO3.K.H/c1-2-10-6(9)5(8)3-4-7;;/h3,8H,2H2,1H3;;. The van der Waals surface area contributed by atoms with Crippen molar-refractivity contribution < 1.29 is 14.6 Å². The predicted molar refractivity (Wildman–Crippen MR) is 40.1 cm³/mol. The number of nitrogens with zero attached hydrogens (tertiary/aromatic N) is 1. The molecule has 0 unspecified atom stereocenters. The summed E-state index contributed by atoms with van der Waals surface area (Å²) in [5.74, 6) is -1.53. The molecule has 0 aliphatic rings. The molecule has 0 saturated carbocycles. The van der Waals surface area contributed by atoms with E-state index >= 15 is 0 Å². The van der Waals surface area contributed by atoms with E-state index in [1.54, 1.807) is 6.92 Å². The van der Waals surface area contributed by atoms with Gasteiger partial charge in [0.05, 0.1) is 18.8 Å². The van der Waals surface area contributed by atoms with E-state index in [9.17, 15) is 4.79 Å². The third-order valence-corrected chi connectivity index (χ3v) is 0.686. The SMILES string of the molecule is CCOC(=O)C(O)=CC#N.[KH]. The molecular formula is C6H8KNO3. The van der Waals surface area contributed by atoms with Gasteiger partial charge in [-0.15, -0.1) is 0 Å². The Labute approximate surface area is 107 Å². The molecule has 0 saturated heterocycles. The van der Waals surface area contributed by atoms with E-state index in [2.05, 4.69) is 4.74 Å². The van der Waals surface area contributed by atoms with E-state index < -0.39 is 11.7 Å². The molecule has 0 fully saturated rings. The number of rotatable bonds is 2. The number of hydrogen-bond donors (Lipinski definition) is 1. The second kappa shape index (κ2) is 8.24. The number of carbonyl (C=O) groups excluding carboxylic acids is 1. The molecule has 0 atom stereocenters. The number of aliphatic hydroxyl groups is 1. The topological polar surface area (TPSA) is 70.3 Å². The normalized spacial score (nSPS) is 9.27. The second-order valence-electron chi connectivity index (χ2n) is 1.38. The summed E-state index contributed by atoms with van der Waals surface area (Å²) >= 11 is 0. The monoisotopic (exact) mass is 181 g/mol. The zero-order chi connectivity index (χ0) is 7.98. The van der Waals surface area contributed by atoms with Crippen molar-refractivity contribution in [2.24, 2.45) is 0 Å². The predicted octanol–water partition coefficient (Wildman–Crippen LogP) is -0.134. The number of aliphatic hydroxyl groups excluding tert-OH is 1. The summed E-state index contributed by atoms with van der Waals surface area (Å²) < 4.78 is 4.35. The molecule has 56 valence electrons. The van der Waals surface area contributed by atoms with Gasteiger partial charge in [-0.1, -0.05) is 0 Å². The Morgan fingerprint density at radius 1 is 1.82 bits per heavy atom. The summed E-state index contributed by atoms with van der Waals surface area (Å²) in [5, 5.41) is 16.6. The first-order chi connectivity index (χ1) is 4.72. The van der Waals surface area contributed by atoms with Gasteiger partial charge in [-0.05, 0) is 6.92 Å². The van der Waals surface area contributed by atoms with Gasteiger partial charge < -0.3 is 9.84 Å². The van der Waals surface area contributed by atoms with Crippen LogP contribution >= 0.6 is 0 Å². The molecule has 4 nitrogen and oxygen atoms in total. The quantitative estimate of drug-likeness (QED) is 0.212. The van der Waals surface area contributed by atoms with E-state index in [4.69, 9.17) is 10.4 Å². The van der Waals surface area contributed by atoms with Crippen LogP contribution in [0.15, 0.2) is 11.8 Å². The van der Waals surface area contributed by atoms with Crippen LogP contribution < -0.4 is 0 Å². The van der Waals surface area contributed by atoms with Crippen molar-refractivity contribution in [1.82, 2.24) is 0 Å². The summed E-state index contributed by atoms with van der Waals surface area (Å²) in [6.45, 7) is 1.79. The molecule has 0 rings (SSSR count). The zero-order valence-corrected chi connectivity index (χ0v) is 5.50. The van der Waals surface area contributed by atoms with Crippen LogP contribution in [0.25, 0.3) is 0 Å². The molecule has 0 radical (unpaired) electrons. The molecular weight excluding hydrogens is 173 g/mol. The molecule has 0 aromatic carbocycles. The van der Waals surface area contributed by atoms with E-state index in [-0.39, 0.29) is 58.0 Å². The van der Waals surface area contributed by atoms with Gasteiger partial charge in [-0.2, -0.15) is 5.26 Å². The van der Waals surface area contributed by atoms with Gasteiger partial charge in [0.25, 0.3) is 0 Å². The van der Waals surface area contributed by atoms with Crippen molar-refractivity contribution in [3.8, 4) is 6.07 Å². The van der Waals surface area contributed by atoms with Crippen molar-refractivity contribution in [3.63, 3.8) is 0 Å². The van der Waals surface area contributed by atoms with Crippen molar-refractivity contribution in [1.29, 1.82) is 5.26 Å². The molecule has 0 aliphatic carbocycles. The molecule has 0 spiro atoms. The fourth-order valence-corrected chi connectivity index (χ4v) is 0.325. The fourth-order valence-electron chi connectivity index (χ4n) is 0.325. The van der Waals surface area contributed by atoms with Crippen LogP contribution in [0.3, 0.4) is 0 Å². The first-order valence-electron chi connectivity index (χ1n) is 2.68. The van der Waals surface area contributed by atoms with Gasteiger partial charge in [-0.3, -0.25) is 0 Å². The molecule has 11 heavy (non-hydrogen) atoms. The van der Waals surface area contributed by atoms with E-state index in [1.807, 2.05) is 0 Å². The van der Waals surface area contributed by atoms with Crippen molar-refractivity contribution in [2.75, 3.05) is 6.61 Å². The Balaban J connectivity index is 0. The van der Waals surface area contributed by atoms with Gasteiger partial charge in [-0.25, -0.2) is 4.79 Å². The van der Waals surface area contributed by atoms with Crippen LogP contribution in [-0.2, 0) is 9.53 Å². The summed E-state index contributed by atoms with van der Waals surface area (Å²) in [6.07, 6.45) is 0.720. The van der Waals surface area contributed by atoms with Gasteiger partial charge in [0.2, 0.25) is 5.76 Å². The molecule has 1 N–H and O–H groups in total. The van der Waals surface area contributed by atoms with Gasteiger partial charge in [0.1, 0.15) is 0 Å². The number of nitriles is 1. The van der Waals surface area contributed by atoms with Crippen LogP contribution in [0.2, 0.25) is 0 Å². The maximum absolute atomic E-state index is 10.4. The summed E-state index contributed by atoms with van der Waals surface area (Å²) in [7, 11) is 0. The molecule has 0 bridgehead atoms. The number of hydrogen-bond acceptors (Lipinski definition) is 4. The first kappa shape index (κ1) is 13.7. The van der Waals surface area contributed by atoms with E-state index in [1.165, 1.54) is 6.07 Å². The van der Waals surface area contributed by atoms with Crippen LogP contribution in [-0.4, -0.2) is 69.1 Å². The molecule has 0 aromatic rings. The molecule has 0 heterocycles. The summed E-state index contributed by atoms with van der Waals surface area (Å²) in [6, 6.07) is 1.49. The number of esters is 1. The Hall–Kier alpha value is 0.136. The minimum absolute atomic E-state index is 0. The number of carbonyl (C=O) groups is 1. The van der Waals surface area contributed by atoms with E-state index in [0.717, 1.165) is 6.08 Å². The zero-order valence-electron chi connectivity index (χ0n) is 5.50. The van der Waals surface area contributed by atoms with Gasteiger partial charge in [0.15, 0.2) is 0 Å².